The first-order valence-electron chi connectivity index (χ1n) is 6.91. The maximum atomic E-state index is 11.0. The predicted molar refractivity (Wildman–Crippen MR) is 77.0 cm³/mol. The number of nitro benzene ring substituents is 1. The average Bonchev–Trinajstić information content (AvgIpc) is 2.98. The van der Waals surface area contributed by atoms with E-state index in [1.807, 2.05) is 6.07 Å². The van der Waals surface area contributed by atoms with Crippen molar-refractivity contribution < 1.29 is 9.66 Å². The molecular formula is C14H21N3O3. The van der Waals surface area contributed by atoms with Gasteiger partial charge in [-0.1, -0.05) is 6.92 Å². The number of nitrogens with zero attached hydrogens (tertiary/aromatic N) is 2. The molecule has 110 valence electrons. The van der Waals surface area contributed by atoms with Gasteiger partial charge in [0.15, 0.2) is 0 Å². The molecule has 0 amide bonds. The quantitative estimate of drug-likeness (QED) is 0.635. The molecule has 6 heteroatoms. The molecule has 1 aromatic rings. The van der Waals surface area contributed by atoms with Crippen molar-refractivity contribution in [3.05, 3.63) is 33.9 Å². The fourth-order valence-electron chi connectivity index (χ4n) is 2.64. The van der Waals surface area contributed by atoms with Gasteiger partial charge in [0.05, 0.1) is 18.1 Å². The van der Waals surface area contributed by atoms with Gasteiger partial charge in [0.1, 0.15) is 5.75 Å². The Morgan fingerprint density at radius 1 is 1.50 bits per heavy atom. The van der Waals surface area contributed by atoms with Crippen molar-refractivity contribution in [3.8, 4) is 5.75 Å². The summed E-state index contributed by atoms with van der Waals surface area (Å²) in [5, 5.41) is 14.3. The number of likely N-dealkylation sites (N-methyl/N-ethyl adjacent to an activating group) is 1. The van der Waals surface area contributed by atoms with Gasteiger partial charge in [-0.15, -0.1) is 0 Å². The van der Waals surface area contributed by atoms with Gasteiger partial charge >= 0.3 is 0 Å². The lowest BCUT2D eigenvalue weighted by Gasteiger charge is -2.26. The van der Waals surface area contributed by atoms with E-state index in [0.717, 1.165) is 31.6 Å². The largest absolute Gasteiger partial charge is 0.496 e. The van der Waals surface area contributed by atoms with E-state index in [-0.39, 0.29) is 10.6 Å². The number of methoxy groups -OCH3 is 1. The number of nitro groups is 1. The van der Waals surface area contributed by atoms with Crippen LogP contribution in [0, 0.1) is 10.1 Å². The summed E-state index contributed by atoms with van der Waals surface area (Å²) < 4.78 is 5.15. The molecule has 0 saturated carbocycles. The SMILES string of the molecule is CCN(Cc1cc(OC)cc([N+](=O)[O-])c1)C1CCNC1. The first-order valence-corrected chi connectivity index (χ1v) is 6.91. The lowest BCUT2D eigenvalue weighted by Crippen LogP contribution is -2.36. The van der Waals surface area contributed by atoms with Crippen LogP contribution in [-0.4, -0.2) is 42.6 Å². The number of nitrogens with one attached hydrogen (secondary N) is 1. The summed E-state index contributed by atoms with van der Waals surface area (Å²) in [6.45, 7) is 5.78. The van der Waals surface area contributed by atoms with Crippen molar-refractivity contribution in [1.29, 1.82) is 0 Å². The molecule has 20 heavy (non-hydrogen) atoms. The lowest BCUT2D eigenvalue weighted by molar-refractivity contribution is -0.385. The Morgan fingerprint density at radius 2 is 2.30 bits per heavy atom. The molecule has 2 rings (SSSR count). The molecule has 1 aliphatic rings. The maximum absolute atomic E-state index is 11.0. The van der Waals surface area contributed by atoms with E-state index in [1.54, 1.807) is 6.07 Å². The fourth-order valence-corrected chi connectivity index (χ4v) is 2.64. The van der Waals surface area contributed by atoms with E-state index in [0.29, 0.717) is 18.3 Å². The first-order chi connectivity index (χ1) is 9.63. The van der Waals surface area contributed by atoms with E-state index >= 15 is 0 Å². The van der Waals surface area contributed by atoms with Gasteiger partial charge in [-0.05, 0) is 31.1 Å². The molecule has 1 unspecified atom stereocenters. The minimum Gasteiger partial charge on any atom is -0.496 e. The number of rotatable bonds is 6. The number of hydrogen-bond acceptors (Lipinski definition) is 5. The lowest BCUT2D eigenvalue weighted by atomic mass is 10.1. The Kier molecular flexibility index (Phi) is 4.92. The third-order valence-corrected chi connectivity index (χ3v) is 3.74. The smallest absolute Gasteiger partial charge is 0.273 e. The van der Waals surface area contributed by atoms with E-state index in [4.69, 9.17) is 4.74 Å². The number of non-ortho nitro benzene ring substituents is 1. The van der Waals surface area contributed by atoms with Crippen molar-refractivity contribution in [2.75, 3.05) is 26.7 Å². The molecule has 0 radical (unpaired) electrons. The summed E-state index contributed by atoms with van der Waals surface area (Å²) in [5.41, 5.74) is 1.00. The van der Waals surface area contributed by atoms with Crippen LogP contribution in [0.2, 0.25) is 0 Å². The van der Waals surface area contributed by atoms with Gasteiger partial charge in [0.25, 0.3) is 5.69 Å². The second-order valence-corrected chi connectivity index (χ2v) is 5.01. The summed E-state index contributed by atoms with van der Waals surface area (Å²) in [4.78, 5) is 12.9. The molecule has 1 heterocycles. The molecule has 1 fully saturated rings. The molecule has 0 bridgehead atoms. The topological polar surface area (TPSA) is 67.6 Å². The Hall–Kier alpha value is -1.66. The van der Waals surface area contributed by atoms with Crippen molar-refractivity contribution in [2.45, 2.75) is 25.9 Å². The van der Waals surface area contributed by atoms with E-state index in [1.165, 1.54) is 13.2 Å². The summed E-state index contributed by atoms with van der Waals surface area (Å²) in [6, 6.07) is 5.47. The third-order valence-electron chi connectivity index (χ3n) is 3.74. The minimum absolute atomic E-state index is 0.0833. The Bertz CT molecular complexity index is 473. The van der Waals surface area contributed by atoms with Gasteiger partial charge in [-0.2, -0.15) is 0 Å². The zero-order valence-electron chi connectivity index (χ0n) is 12.0. The van der Waals surface area contributed by atoms with Gasteiger partial charge in [-0.3, -0.25) is 15.0 Å². The van der Waals surface area contributed by atoms with E-state index < -0.39 is 0 Å². The van der Waals surface area contributed by atoms with Gasteiger partial charge in [-0.25, -0.2) is 0 Å². The molecule has 0 aliphatic carbocycles. The van der Waals surface area contributed by atoms with Gasteiger partial charge in [0, 0.05) is 25.2 Å². The van der Waals surface area contributed by atoms with Crippen LogP contribution in [0.25, 0.3) is 0 Å². The highest BCUT2D eigenvalue weighted by Gasteiger charge is 2.22. The van der Waals surface area contributed by atoms with Crippen LogP contribution in [-0.2, 0) is 6.54 Å². The van der Waals surface area contributed by atoms with Crippen LogP contribution >= 0.6 is 0 Å². The van der Waals surface area contributed by atoms with E-state index in [2.05, 4.69) is 17.1 Å². The van der Waals surface area contributed by atoms with E-state index in [9.17, 15) is 10.1 Å². The number of benzene rings is 1. The molecule has 1 aliphatic heterocycles. The second-order valence-electron chi connectivity index (χ2n) is 5.01. The van der Waals surface area contributed by atoms with Crippen molar-refractivity contribution in [1.82, 2.24) is 10.2 Å². The highest BCUT2D eigenvalue weighted by atomic mass is 16.6. The Morgan fingerprint density at radius 3 is 2.85 bits per heavy atom. The van der Waals surface area contributed by atoms with Gasteiger partial charge in [0.2, 0.25) is 0 Å². The predicted octanol–water partition coefficient (Wildman–Crippen LogP) is 1.79. The third kappa shape index (κ3) is 3.46. The normalized spacial score (nSPS) is 18.4. The molecule has 0 spiro atoms. The molecule has 1 atom stereocenters. The van der Waals surface area contributed by atoms with Crippen LogP contribution in [0.4, 0.5) is 5.69 Å². The van der Waals surface area contributed by atoms with Crippen LogP contribution < -0.4 is 10.1 Å². The Balaban J connectivity index is 2.17. The van der Waals surface area contributed by atoms with Crippen molar-refractivity contribution in [2.24, 2.45) is 0 Å². The molecular weight excluding hydrogens is 258 g/mol. The summed E-state index contributed by atoms with van der Waals surface area (Å²) in [7, 11) is 1.53. The minimum atomic E-state index is -0.376. The summed E-state index contributed by atoms with van der Waals surface area (Å²) >= 11 is 0. The standard InChI is InChI=1S/C14H21N3O3/c1-3-16(12-4-5-15-9-12)10-11-6-13(17(18)19)8-14(7-11)20-2/h6-8,12,15H,3-5,9-10H2,1-2H3. The fraction of sp³-hybridized carbons (Fsp3) is 0.571. The van der Waals surface area contributed by atoms with Crippen molar-refractivity contribution >= 4 is 5.69 Å². The number of ether oxygens (including phenoxy) is 1. The Labute approximate surface area is 118 Å². The van der Waals surface area contributed by atoms with Crippen LogP contribution in [0.3, 0.4) is 0 Å². The molecule has 6 nitrogen and oxygen atoms in total. The van der Waals surface area contributed by atoms with Crippen molar-refractivity contribution in [3.63, 3.8) is 0 Å². The summed E-state index contributed by atoms with van der Waals surface area (Å²) in [5.74, 6) is 0.537. The monoisotopic (exact) mass is 279 g/mol. The van der Waals surface area contributed by atoms with Crippen LogP contribution in [0.1, 0.15) is 18.9 Å². The number of hydrogen-bond donors (Lipinski definition) is 1. The highest BCUT2D eigenvalue weighted by Crippen LogP contribution is 2.24. The maximum Gasteiger partial charge on any atom is 0.273 e. The molecule has 0 aromatic heterocycles. The zero-order chi connectivity index (χ0) is 14.5. The van der Waals surface area contributed by atoms with Crippen LogP contribution in [0.5, 0.6) is 5.75 Å². The van der Waals surface area contributed by atoms with Gasteiger partial charge < -0.3 is 10.1 Å². The highest BCUT2D eigenvalue weighted by molar-refractivity contribution is 5.42. The van der Waals surface area contributed by atoms with Crippen LogP contribution in [0.15, 0.2) is 18.2 Å². The zero-order valence-corrected chi connectivity index (χ0v) is 12.0. The molecule has 1 aromatic carbocycles. The average molecular weight is 279 g/mol. The molecule has 1 saturated heterocycles. The first kappa shape index (κ1) is 14.7. The summed E-state index contributed by atoms with van der Waals surface area (Å²) in [6.07, 6.45) is 1.12. The second kappa shape index (κ2) is 6.67. The molecule has 1 N–H and O–H groups in total.